The third-order valence-electron chi connectivity index (χ3n) is 2.74. The maximum Gasteiger partial charge on any atom is 0.387 e. The quantitative estimate of drug-likeness (QED) is 0.727. The molecule has 0 saturated heterocycles. The summed E-state index contributed by atoms with van der Waals surface area (Å²) in [4.78, 5) is 0. The van der Waals surface area contributed by atoms with Crippen molar-refractivity contribution in [3.8, 4) is 5.75 Å². The molecule has 0 N–H and O–H groups in total. The van der Waals surface area contributed by atoms with E-state index < -0.39 is 6.61 Å². The summed E-state index contributed by atoms with van der Waals surface area (Å²) in [5.41, 5.74) is 1.23. The van der Waals surface area contributed by atoms with Gasteiger partial charge in [0.1, 0.15) is 5.75 Å². The van der Waals surface area contributed by atoms with Crippen molar-refractivity contribution in [3.05, 3.63) is 29.8 Å². The van der Waals surface area contributed by atoms with Crippen LogP contribution in [0.25, 0.3) is 0 Å². The number of alkyl halides is 2. The first kappa shape index (κ1) is 12.9. The molecule has 0 aliphatic rings. The van der Waals surface area contributed by atoms with Gasteiger partial charge in [-0.15, -0.1) is 0 Å². The smallest absolute Gasteiger partial charge is 0.387 e. The highest BCUT2D eigenvalue weighted by Crippen LogP contribution is 2.29. The van der Waals surface area contributed by atoms with Gasteiger partial charge in [-0.2, -0.15) is 8.78 Å². The Balaban J connectivity index is 2.78. The van der Waals surface area contributed by atoms with E-state index in [-0.39, 0.29) is 11.2 Å². The molecule has 16 heavy (non-hydrogen) atoms. The molecule has 0 atom stereocenters. The molecule has 0 aliphatic heterocycles. The lowest BCUT2D eigenvalue weighted by Gasteiger charge is -2.24. The van der Waals surface area contributed by atoms with Gasteiger partial charge in [0.25, 0.3) is 0 Å². The molecule has 0 bridgehead atoms. The van der Waals surface area contributed by atoms with Crippen molar-refractivity contribution in [1.29, 1.82) is 0 Å². The number of hydrogen-bond donors (Lipinski definition) is 0. The van der Waals surface area contributed by atoms with Gasteiger partial charge in [-0.1, -0.05) is 39.3 Å². The number of rotatable bonds is 5. The summed E-state index contributed by atoms with van der Waals surface area (Å²) in [6.07, 6.45) is 2.17. The highest BCUT2D eigenvalue weighted by molar-refractivity contribution is 5.31. The predicted molar refractivity (Wildman–Crippen MR) is 61.0 cm³/mol. The van der Waals surface area contributed by atoms with Crippen molar-refractivity contribution in [3.63, 3.8) is 0 Å². The maximum absolute atomic E-state index is 12.0. The Morgan fingerprint density at radius 3 is 2.19 bits per heavy atom. The number of halogens is 2. The average Bonchev–Trinajstić information content (AvgIpc) is 2.17. The van der Waals surface area contributed by atoms with Gasteiger partial charge in [0.05, 0.1) is 0 Å². The summed E-state index contributed by atoms with van der Waals surface area (Å²) in [6.45, 7) is 3.68. The highest BCUT2D eigenvalue weighted by atomic mass is 19.3. The summed E-state index contributed by atoms with van der Waals surface area (Å²) in [5.74, 6) is 0.214. The zero-order chi connectivity index (χ0) is 12.2. The lowest BCUT2D eigenvalue weighted by atomic mass is 9.81. The van der Waals surface area contributed by atoms with Gasteiger partial charge in [-0.05, 0) is 29.5 Å². The molecular formula is C13H18F2O. The van der Waals surface area contributed by atoms with E-state index in [4.69, 9.17) is 0 Å². The van der Waals surface area contributed by atoms with Crippen LogP contribution in [0.15, 0.2) is 24.3 Å². The first-order valence-corrected chi connectivity index (χ1v) is 5.51. The van der Waals surface area contributed by atoms with Gasteiger partial charge in [0.2, 0.25) is 0 Å². The van der Waals surface area contributed by atoms with Crippen LogP contribution in [-0.4, -0.2) is 6.61 Å². The van der Waals surface area contributed by atoms with Gasteiger partial charge in [-0.25, -0.2) is 0 Å². The summed E-state index contributed by atoms with van der Waals surface area (Å²) in [5, 5.41) is 0. The fourth-order valence-corrected chi connectivity index (χ4v) is 1.86. The van der Waals surface area contributed by atoms with E-state index in [9.17, 15) is 8.78 Å². The van der Waals surface area contributed by atoms with E-state index in [0.29, 0.717) is 0 Å². The van der Waals surface area contributed by atoms with Gasteiger partial charge < -0.3 is 4.74 Å². The second-order valence-corrected chi connectivity index (χ2v) is 4.54. The lowest BCUT2D eigenvalue weighted by molar-refractivity contribution is -0.0498. The Kier molecular flexibility index (Phi) is 4.27. The zero-order valence-electron chi connectivity index (χ0n) is 9.97. The van der Waals surface area contributed by atoms with Gasteiger partial charge >= 0.3 is 6.61 Å². The van der Waals surface area contributed by atoms with Crippen LogP contribution in [-0.2, 0) is 5.41 Å². The molecular weight excluding hydrogens is 210 g/mol. The Labute approximate surface area is 95.4 Å². The van der Waals surface area contributed by atoms with Crippen LogP contribution < -0.4 is 4.74 Å². The molecule has 0 aliphatic carbocycles. The van der Waals surface area contributed by atoms with E-state index in [0.717, 1.165) is 18.4 Å². The van der Waals surface area contributed by atoms with E-state index >= 15 is 0 Å². The molecule has 90 valence electrons. The van der Waals surface area contributed by atoms with Gasteiger partial charge in [0, 0.05) is 0 Å². The lowest BCUT2D eigenvalue weighted by Crippen LogP contribution is -2.16. The Hall–Kier alpha value is -1.12. The summed E-state index contributed by atoms with van der Waals surface area (Å²) in [6, 6.07) is 6.90. The van der Waals surface area contributed by atoms with Crippen LogP contribution in [0.3, 0.4) is 0 Å². The maximum atomic E-state index is 12.0. The normalized spacial score (nSPS) is 11.9. The first-order chi connectivity index (χ1) is 7.45. The summed E-state index contributed by atoms with van der Waals surface area (Å²) < 4.78 is 28.2. The molecule has 0 saturated carbocycles. The van der Waals surface area contributed by atoms with Crippen molar-refractivity contribution in [2.24, 2.45) is 0 Å². The molecule has 1 rings (SSSR count). The van der Waals surface area contributed by atoms with Crippen molar-refractivity contribution >= 4 is 0 Å². The SMILES string of the molecule is CCCC(C)(C)c1ccc(OC(F)F)cc1. The molecule has 0 radical (unpaired) electrons. The van der Waals surface area contributed by atoms with E-state index in [1.807, 2.05) is 12.1 Å². The molecule has 0 heterocycles. The molecule has 1 nitrogen and oxygen atoms in total. The second kappa shape index (κ2) is 5.28. The minimum absolute atomic E-state index is 0.0815. The van der Waals surface area contributed by atoms with Crippen LogP contribution in [0, 0.1) is 0 Å². The molecule has 1 aromatic carbocycles. The number of hydrogen-bond acceptors (Lipinski definition) is 1. The minimum atomic E-state index is -2.76. The second-order valence-electron chi connectivity index (χ2n) is 4.54. The molecule has 0 amide bonds. The molecule has 1 aromatic rings. The van der Waals surface area contributed by atoms with Crippen molar-refractivity contribution in [2.45, 2.75) is 45.6 Å². The summed E-state index contributed by atoms with van der Waals surface area (Å²) >= 11 is 0. The molecule has 0 fully saturated rings. The van der Waals surface area contributed by atoms with E-state index in [1.54, 1.807) is 12.1 Å². The minimum Gasteiger partial charge on any atom is -0.435 e. The Morgan fingerprint density at radius 1 is 1.19 bits per heavy atom. The van der Waals surface area contributed by atoms with Gasteiger partial charge in [-0.3, -0.25) is 0 Å². The molecule has 0 unspecified atom stereocenters. The van der Waals surface area contributed by atoms with Crippen molar-refractivity contribution in [1.82, 2.24) is 0 Å². The fourth-order valence-electron chi connectivity index (χ4n) is 1.86. The summed E-state index contributed by atoms with van der Waals surface area (Å²) in [7, 11) is 0. The Bertz CT molecular complexity index is 317. The van der Waals surface area contributed by atoms with E-state index in [1.165, 1.54) is 0 Å². The monoisotopic (exact) mass is 228 g/mol. The van der Waals surface area contributed by atoms with Crippen LogP contribution in [0.5, 0.6) is 5.75 Å². The average molecular weight is 228 g/mol. The first-order valence-electron chi connectivity index (χ1n) is 5.51. The van der Waals surface area contributed by atoms with Crippen LogP contribution in [0.1, 0.15) is 39.2 Å². The van der Waals surface area contributed by atoms with Crippen LogP contribution in [0.2, 0.25) is 0 Å². The topological polar surface area (TPSA) is 9.23 Å². The predicted octanol–water partition coefficient (Wildman–Crippen LogP) is 4.37. The van der Waals surface area contributed by atoms with Crippen molar-refractivity contribution < 1.29 is 13.5 Å². The third kappa shape index (κ3) is 3.47. The van der Waals surface area contributed by atoms with E-state index in [2.05, 4.69) is 25.5 Å². The standard InChI is InChI=1S/C13H18F2O/c1-4-9-13(2,3)10-5-7-11(8-6-10)16-12(14)15/h5-8,12H,4,9H2,1-3H3. The number of benzene rings is 1. The van der Waals surface area contributed by atoms with Crippen LogP contribution in [0.4, 0.5) is 8.78 Å². The van der Waals surface area contributed by atoms with Gasteiger partial charge in [0.15, 0.2) is 0 Å². The number of ether oxygens (including phenoxy) is 1. The highest BCUT2D eigenvalue weighted by Gasteiger charge is 2.19. The zero-order valence-corrected chi connectivity index (χ0v) is 9.97. The third-order valence-corrected chi connectivity index (χ3v) is 2.74. The molecule has 0 spiro atoms. The fraction of sp³-hybridized carbons (Fsp3) is 0.538. The Morgan fingerprint density at radius 2 is 1.75 bits per heavy atom. The molecule has 3 heteroatoms. The van der Waals surface area contributed by atoms with Crippen molar-refractivity contribution in [2.75, 3.05) is 0 Å². The molecule has 0 aromatic heterocycles. The largest absolute Gasteiger partial charge is 0.435 e. The van der Waals surface area contributed by atoms with Crippen LogP contribution >= 0.6 is 0 Å².